The fourth-order valence-electron chi connectivity index (χ4n) is 6.51. The number of aryl methyl sites for hydroxylation is 1. The zero-order valence-electron chi connectivity index (χ0n) is 23.0. The number of ether oxygens (including phenoxy) is 1. The van der Waals surface area contributed by atoms with Gasteiger partial charge in [0.15, 0.2) is 11.5 Å². The molecule has 0 unspecified atom stereocenters. The van der Waals surface area contributed by atoms with Gasteiger partial charge in [0.1, 0.15) is 5.82 Å². The lowest BCUT2D eigenvalue weighted by Gasteiger charge is -2.37. The normalized spacial score (nSPS) is 20.2. The minimum atomic E-state index is -0.326. The first kappa shape index (κ1) is 27.2. The molecule has 1 aliphatic heterocycles. The van der Waals surface area contributed by atoms with E-state index in [-0.39, 0.29) is 35.4 Å². The van der Waals surface area contributed by atoms with Gasteiger partial charge in [0.25, 0.3) is 5.91 Å². The van der Waals surface area contributed by atoms with Gasteiger partial charge in [-0.05, 0) is 78.8 Å². The van der Waals surface area contributed by atoms with E-state index in [2.05, 4.69) is 41.0 Å². The topological polar surface area (TPSA) is 53.0 Å². The van der Waals surface area contributed by atoms with Crippen molar-refractivity contribution in [3.63, 3.8) is 0 Å². The smallest absolute Gasteiger partial charge is 0.254 e. The molecule has 2 aliphatic rings. The summed E-state index contributed by atoms with van der Waals surface area (Å²) in [6, 6.07) is 20.3. The fourth-order valence-corrected chi connectivity index (χ4v) is 6.51. The maximum atomic E-state index is 13.9. The van der Waals surface area contributed by atoms with E-state index >= 15 is 0 Å². The Morgan fingerprint density at radius 1 is 1.03 bits per heavy atom. The molecule has 2 fully saturated rings. The Hall–Kier alpha value is -3.38. The number of aromatic hydroxyl groups is 1. The summed E-state index contributed by atoms with van der Waals surface area (Å²) in [6.07, 6.45) is 5.53. The number of halogens is 1. The Morgan fingerprint density at radius 2 is 1.77 bits per heavy atom. The summed E-state index contributed by atoms with van der Waals surface area (Å²) in [5.74, 6) is 0.849. The van der Waals surface area contributed by atoms with E-state index in [9.17, 15) is 14.3 Å². The van der Waals surface area contributed by atoms with Crippen molar-refractivity contribution in [2.75, 3.05) is 26.7 Å². The Balaban J connectivity index is 1.43. The van der Waals surface area contributed by atoms with Crippen LogP contribution in [0.25, 0.3) is 0 Å². The van der Waals surface area contributed by atoms with Crippen molar-refractivity contribution < 1.29 is 19.0 Å². The molecular weight excluding hydrogens is 491 g/mol. The Morgan fingerprint density at radius 3 is 2.49 bits per heavy atom. The van der Waals surface area contributed by atoms with Gasteiger partial charge in [-0.2, -0.15) is 0 Å². The Kier molecular flexibility index (Phi) is 8.51. The maximum absolute atomic E-state index is 13.9. The van der Waals surface area contributed by atoms with E-state index in [0.717, 1.165) is 50.9 Å². The molecule has 0 spiro atoms. The number of benzene rings is 3. The quantitative estimate of drug-likeness (QED) is 0.359. The Labute approximate surface area is 231 Å². The monoisotopic (exact) mass is 530 g/mol. The van der Waals surface area contributed by atoms with Crippen LogP contribution in [0.5, 0.6) is 11.5 Å². The number of hydrogen-bond donors (Lipinski definition) is 1. The van der Waals surface area contributed by atoms with Crippen LogP contribution in [0.2, 0.25) is 0 Å². The highest BCUT2D eigenvalue weighted by atomic mass is 19.1. The van der Waals surface area contributed by atoms with Crippen molar-refractivity contribution in [2.24, 2.45) is 5.92 Å². The molecule has 1 aliphatic carbocycles. The molecule has 2 atom stereocenters. The van der Waals surface area contributed by atoms with Crippen molar-refractivity contribution in [1.29, 1.82) is 0 Å². The second kappa shape index (κ2) is 12.2. The summed E-state index contributed by atoms with van der Waals surface area (Å²) < 4.78 is 19.0. The number of methoxy groups -OCH3 is 1. The van der Waals surface area contributed by atoms with Crippen LogP contribution in [-0.2, 0) is 6.54 Å². The lowest BCUT2D eigenvalue weighted by Crippen LogP contribution is -2.45. The van der Waals surface area contributed by atoms with Crippen LogP contribution < -0.4 is 4.74 Å². The van der Waals surface area contributed by atoms with Gasteiger partial charge in [0, 0.05) is 43.7 Å². The molecule has 3 aromatic rings. The highest BCUT2D eigenvalue weighted by Gasteiger charge is 2.38. The largest absolute Gasteiger partial charge is 0.504 e. The maximum Gasteiger partial charge on any atom is 0.254 e. The van der Waals surface area contributed by atoms with Crippen LogP contribution >= 0.6 is 0 Å². The standard InChI is InChI=1S/C33H39FN2O3/c1-23-8-6-7-11-29(23)30-22-35(19-24-12-17-31(37)32(18-24)39-2)20-26(30)21-36(28-9-4-3-5-10-28)33(38)25-13-15-27(34)16-14-25/h6-8,11-18,26,28,30,37H,3-5,9-10,19-22H2,1-2H3/t26-,30-/m0/s1. The SMILES string of the molecule is COc1cc(CN2C[C@@H](CN(C(=O)c3ccc(F)cc3)C3CCCCC3)[C@@H](c3ccccc3C)C2)ccc1O. The minimum Gasteiger partial charge on any atom is -0.504 e. The fraction of sp³-hybridized carbons (Fsp3) is 0.424. The number of carbonyl (C=O) groups is 1. The number of nitrogens with zero attached hydrogens (tertiary/aromatic N) is 2. The second-order valence-corrected chi connectivity index (χ2v) is 11.2. The third kappa shape index (κ3) is 6.27. The van der Waals surface area contributed by atoms with Gasteiger partial charge in [0.2, 0.25) is 0 Å². The van der Waals surface area contributed by atoms with E-state index in [1.165, 1.54) is 29.7 Å². The molecule has 1 heterocycles. The van der Waals surface area contributed by atoms with E-state index in [4.69, 9.17) is 4.74 Å². The van der Waals surface area contributed by atoms with Gasteiger partial charge in [-0.15, -0.1) is 0 Å². The van der Waals surface area contributed by atoms with Crippen LogP contribution in [0.15, 0.2) is 66.7 Å². The molecule has 6 heteroatoms. The first-order chi connectivity index (χ1) is 18.9. The third-order valence-corrected chi connectivity index (χ3v) is 8.55. The second-order valence-electron chi connectivity index (χ2n) is 11.2. The minimum absolute atomic E-state index is 0.00662. The molecular formula is C33H39FN2O3. The molecule has 1 saturated carbocycles. The molecule has 3 aromatic carbocycles. The van der Waals surface area contributed by atoms with Crippen LogP contribution in [0, 0.1) is 18.7 Å². The van der Waals surface area contributed by atoms with Crippen LogP contribution in [-0.4, -0.2) is 53.6 Å². The molecule has 206 valence electrons. The molecule has 5 rings (SSSR count). The molecule has 0 bridgehead atoms. The number of rotatable bonds is 8. The molecule has 0 aromatic heterocycles. The summed E-state index contributed by atoms with van der Waals surface area (Å²) in [5.41, 5.74) is 4.25. The summed E-state index contributed by atoms with van der Waals surface area (Å²) in [4.78, 5) is 18.4. The summed E-state index contributed by atoms with van der Waals surface area (Å²) in [7, 11) is 1.57. The van der Waals surface area contributed by atoms with E-state index in [0.29, 0.717) is 17.9 Å². The highest BCUT2D eigenvalue weighted by molar-refractivity contribution is 5.94. The van der Waals surface area contributed by atoms with Crippen molar-refractivity contribution in [2.45, 2.75) is 57.5 Å². The number of phenolic OH excluding ortho intramolecular Hbond substituents is 1. The van der Waals surface area contributed by atoms with Crippen molar-refractivity contribution in [3.05, 3.63) is 94.8 Å². The molecule has 1 N–H and O–H groups in total. The van der Waals surface area contributed by atoms with Gasteiger partial charge < -0.3 is 14.7 Å². The van der Waals surface area contributed by atoms with Crippen LogP contribution in [0.1, 0.15) is 65.1 Å². The molecule has 1 saturated heterocycles. The van der Waals surface area contributed by atoms with Crippen molar-refractivity contribution >= 4 is 5.91 Å². The summed E-state index contributed by atoms with van der Waals surface area (Å²) in [5, 5.41) is 10.0. The van der Waals surface area contributed by atoms with Crippen LogP contribution in [0.4, 0.5) is 4.39 Å². The lowest BCUT2D eigenvalue weighted by molar-refractivity contribution is 0.0588. The van der Waals surface area contributed by atoms with Gasteiger partial charge in [-0.25, -0.2) is 4.39 Å². The number of hydrogen-bond acceptors (Lipinski definition) is 4. The van der Waals surface area contributed by atoms with Gasteiger partial charge >= 0.3 is 0 Å². The zero-order chi connectivity index (χ0) is 27.4. The molecule has 1 amide bonds. The van der Waals surface area contributed by atoms with Gasteiger partial charge in [-0.3, -0.25) is 9.69 Å². The summed E-state index contributed by atoms with van der Waals surface area (Å²) >= 11 is 0. The number of likely N-dealkylation sites (tertiary alicyclic amines) is 1. The first-order valence-electron chi connectivity index (χ1n) is 14.1. The summed E-state index contributed by atoms with van der Waals surface area (Å²) in [6.45, 7) is 5.34. The zero-order valence-corrected chi connectivity index (χ0v) is 23.0. The average Bonchev–Trinajstić information content (AvgIpc) is 3.35. The number of amides is 1. The van der Waals surface area contributed by atoms with Gasteiger partial charge in [-0.1, -0.05) is 49.6 Å². The Bertz CT molecular complexity index is 1270. The number of carbonyl (C=O) groups excluding carboxylic acids is 1. The highest BCUT2D eigenvalue weighted by Crippen LogP contribution is 2.38. The lowest BCUT2D eigenvalue weighted by atomic mass is 9.85. The van der Waals surface area contributed by atoms with Crippen LogP contribution in [0.3, 0.4) is 0 Å². The third-order valence-electron chi connectivity index (χ3n) is 8.55. The average molecular weight is 531 g/mol. The van der Waals surface area contributed by atoms with Gasteiger partial charge in [0.05, 0.1) is 7.11 Å². The van der Waals surface area contributed by atoms with E-state index < -0.39 is 0 Å². The first-order valence-corrected chi connectivity index (χ1v) is 14.1. The van der Waals surface area contributed by atoms with Crippen molar-refractivity contribution in [3.8, 4) is 11.5 Å². The van der Waals surface area contributed by atoms with E-state index in [1.807, 2.05) is 12.1 Å². The molecule has 0 radical (unpaired) electrons. The number of phenols is 1. The van der Waals surface area contributed by atoms with Crippen molar-refractivity contribution in [1.82, 2.24) is 9.80 Å². The predicted octanol–water partition coefficient (Wildman–Crippen LogP) is 6.54. The van der Waals surface area contributed by atoms with E-state index in [1.54, 1.807) is 25.3 Å². The molecule has 39 heavy (non-hydrogen) atoms. The molecule has 5 nitrogen and oxygen atoms in total. The predicted molar refractivity (Wildman–Crippen MR) is 152 cm³/mol.